The van der Waals surface area contributed by atoms with Gasteiger partial charge in [-0.2, -0.15) is 0 Å². The van der Waals surface area contributed by atoms with E-state index in [1.807, 2.05) is 31.2 Å². The molecule has 0 fully saturated rings. The minimum Gasteiger partial charge on any atom is -0.349 e. The average molecular weight is 359 g/mol. The van der Waals surface area contributed by atoms with Gasteiger partial charge in [-0.1, -0.05) is 36.4 Å². The number of hydrogen-bond donors (Lipinski definition) is 2. The molecular weight excluding hydrogens is 338 g/mol. The highest BCUT2D eigenvalue weighted by Crippen LogP contribution is 2.09. The lowest BCUT2D eigenvalue weighted by Gasteiger charge is -2.13. The number of rotatable bonds is 8. The molecule has 2 rings (SSSR count). The van der Waals surface area contributed by atoms with Crippen molar-refractivity contribution in [1.82, 2.24) is 15.0 Å². The van der Waals surface area contributed by atoms with Crippen molar-refractivity contribution >= 4 is 22.0 Å². The van der Waals surface area contributed by atoms with Crippen LogP contribution in [-0.4, -0.2) is 25.9 Å². The van der Waals surface area contributed by atoms with Gasteiger partial charge in [0.2, 0.25) is 15.9 Å². The van der Waals surface area contributed by atoms with E-state index < -0.39 is 10.0 Å². The van der Waals surface area contributed by atoms with Gasteiger partial charge in [0.05, 0.1) is 6.04 Å². The lowest BCUT2D eigenvalue weighted by atomic mass is 10.1. The summed E-state index contributed by atoms with van der Waals surface area (Å²) in [5.41, 5.74) is 1.68. The number of nitrogens with one attached hydrogen (secondary N) is 2. The molecule has 1 atom stereocenters. The predicted molar refractivity (Wildman–Crippen MR) is 97.8 cm³/mol. The Balaban J connectivity index is 1.77. The highest BCUT2D eigenvalue weighted by Gasteiger charge is 2.11. The first-order valence-corrected chi connectivity index (χ1v) is 9.43. The summed E-state index contributed by atoms with van der Waals surface area (Å²) in [7, 11) is -3.58. The number of hydrogen-bond acceptors (Lipinski definition) is 4. The number of sulfonamides is 1. The Bertz CT molecular complexity index is 806. The van der Waals surface area contributed by atoms with Crippen molar-refractivity contribution in [3.63, 3.8) is 0 Å². The van der Waals surface area contributed by atoms with E-state index in [9.17, 15) is 13.2 Å². The zero-order valence-electron chi connectivity index (χ0n) is 13.9. The topological polar surface area (TPSA) is 88.2 Å². The van der Waals surface area contributed by atoms with Gasteiger partial charge < -0.3 is 5.32 Å². The zero-order valence-corrected chi connectivity index (χ0v) is 14.7. The molecule has 132 valence electrons. The van der Waals surface area contributed by atoms with E-state index in [0.29, 0.717) is 0 Å². The molecule has 1 heterocycles. The number of carbonyl (C=O) groups is 1. The Morgan fingerprint density at radius 1 is 1.20 bits per heavy atom. The number of benzene rings is 1. The third kappa shape index (κ3) is 6.86. The number of amides is 1. The van der Waals surface area contributed by atoms with Crippen LogP contribution in [0, 0.1) is 0 Å². The fraction of sp³-hybridized carbons (Fsp3) is 0.222. The number of pyridine rings is 1. The molecule has 0 saturated heterocycles. The Hall–Kier alpha value is -2.51. The van der Waals surface area contributed by atoms with E-state index in [1.54, 1.807) is 30.6 Å². The van der Waals surface area contributed by atoms with Crippen LogP contribution in [0.25, 0.3) is 6.08 Å². The van der Waals surface area contributed by atoms with Crippen LogP contribution in [0.15, 0.2) is 60.3 Å². The highest BCUT2D eigenvalue weighted by molar-refractivity contribution is 7.92. The molecule has 2 N–H and O–H groups in total. The molecule has 7 heteroatoms. The molecule has 1 aromatic carbocycles. The number of aromatic nitrogens is 1. The summed E-state index contributed by atoms with van der Waals surface area (Å²) in [6.45, 7) is 1.88. The standard InChI is InChI=1S/C18H21N3O3S/c1-15(17-8-5-11-19-14-17)21-18(22)9-12-20-25(23,24)13-10-16-6-3-2-4-7-16/h2-8,10-11,13-15,20H,9,12H2,1H3,(H,21,22)/b13-10+. The Kier molecular flexibility index (Phi) is 6.85. The first kappa shape index (κ1) is 18.8. The van der Waals surface area contributed by atoms with Crippen LogP contribution >= 0.6 is 0 Å². The Labute approximate surface area is 148 Å². The second-order valence-electron chi connectivity index (χ2n) is 5.48. The maximum Gasteiger partial charge on any atom is 0.233 e. The third-order valence-electron chi connectivity index (χ3n) is 3.46. The summed E-state index contributed by atoms with van der Waals surface area (Å²) in [5.74, 6) is -0.230. The van der Waals surface area contributed by atoms with E-state index >= 15 is 0 Å². The zero-order chi connectivity index (χ0) is 18.1. The van der Waals surface area contributed by atoms with Crippen molar-refractivity contribution in [1.29, 1.82) is 0 Å². The maximum atomic E-state index is 11.9. The van der Waals surface area contributed by atoms with Crippen LogP contribution in [0.5, 0.6) is 0 Å². The summed E-state index contributed by atoms with van der Waals surface area (Å²) >= 11 is 0. The molecule has 0 radical (unpaired) electrons. The number of nitrogens with zero attached hydrogens (tertiary/aromatic N) is 1. The highest BCUT2D eigenvalue weighted by atomic mass is 32.2. The Morgan fingerprint density at radius 2 is 1.96 bits per heavy atom. The van der Waals surface area contributed by atoms with Gasteiger partial charge in [0.15, 0.2) is 0 Å². The Morgan fingerprint density at radius 3 is 2.64 bits per heavy atom. The first-order valence-electron chi connectivity index (χ1n) is 7.88. The van der Waals surface area contributed by atoms with Crippen LogP contribution in [0.2, 0.25) is 0 Å². The molecule has 25 heavy (non-hydrogen) atoms. The van der Waals surface area contributed by atoms with Gasteiger partial charge in [-0.3, -0.25) is 9.78 Å². The van der Waals surface area contributed by atoms with Crippen LogP contribution < -0.4 is 10.0 Å². The molecule has 0 bridgehead atoms. The normalized spacial score (nSPS) is 12.8. The molecule has 1 aromatic heterocycles. The van der Waals surface area contributed by atoms with Crippen molar-refractivity contribution in [2.24, 2.45) is 0 Å². The van der Waals surface area contributed by atoms with Gasteiger partial charge in [0.1, 0.15) is 0 Å². The molecule has 0 spiro atoms. The van der Waals surface area contributed by atoms with Crippen molar-refractivity contribution in [2.45, 2.75) is 19.4 Å². The molecule has 0 saturated carbocycles. The van der Waals surface area contributed by atoms with E-state index in [0.717, 1.165) is 16.5 Å². The third-order valence-corrected chi connectivity index (χ3v) is 4.56. The quantitative estimate of drug-likeness (QED) is 0.757. The van der Waals surface area contributed by atoms with Crippen LogP contribution in [-0.2, 0) is 14.8 Å². The lowest BCUT2D eigenvalue weighted by molar-refractivity contribution is -0.121. The molecule has 1 unspecified atom stereocenters. The maximum absolute atomic E-state index is 11.9. The van der Waals surface area contributed by atoms with Crippen molar-refractivity contribution in [2.75, 3.05) is 6.54 Å². The lowest BCUT2D eigenvalue weighted by Crippen LogP contribution is -2.31. The SMILES string of the molecule is CC(NC(=O)CCNS(=O)(=O)/C=C/c1ccccc1)c1cccnc1. The summed E-state index contributed by atoms with van der Waals surface area (Å²) in [4.78, 5) is 15.9. The summed E-state index contributed by atoms with van der Waals surface area (Å²) in [5, 5.41) is 3.90. The van der Waals surface area contributed by atoms with Crippen LogP contribution in [0.1, 0.15) is 30.5 Å². The van der Waals surface area contributed by atoms with Crippen molar-refractivity contribution in [3.8, 4) is 0 Å². The van der Waals surface area contributed by atoms with Crippen LogP contribution in [0.3, 0.4) is 0 Å². The summed E-state index contributed by atoms with van der Waals surface area (Å²) < 4.78 is 26.2. The average Bonchev–Trinajstić information content (AvgIpc) is 2.61. The largest absolute Gasteiger partial charge is 0.349 e. The minimum atomic E-state index is -3.58. The fourth-order valence-electron chi connectivity index (χ4n) is 2.12. The van der Waals surface area contributed by atoms with E-state index in [2.05, 4.69) is 15.0 Å². The summed E-state index contributed by atoms with van der Waals surface area (Å²) in [6, 6.07) is 12.6. The summed E-state index contributed by atoms with van der Waals surface area (Å²) in [6.07, 6.45) is 4.91. The molecule has 6 nitrogen and oxygen atoms in total. The molecule has 2 aromatic rings. The molecule has 1 amide bonds. The monoisotopic (exact) mass is 359 g/mol. The molecule has 0 aliphatic carbocycles. The predicted octanol–water partition coefficient (Wildman–Crippen LogP) is 2.24. The van der Waals surface area contributed by atoms with Gasteiger partial charge in [0.25, 0.3) is 0 Å². The fourth-order valence-corrected chi connectivity index (χ4v) is 2.94. The second-order valence-corrected chi connectivity index (χ2v) is 7.13. The van der Waals surface area contributed by atoms with Crippen molar-refractivity contribution in [3.05, 3.63) is 71.4 Å². The van der Waals surface area contributed by atoms with Gasteiger partial charge >= 0.3 is 0 Å². The minimum absolute atomic E-state index is 0.0348. The van der Waals surface area contributed by atoms with Gasteiger partial charge in [-0.25, -0.2) is 13.1 Å². The van der Waals surface area contributed by atoms with Crippen molar-refractivity contribution < 1.29 is 13.2 Å². The number of carbonyl (C=O) groups excluding carboxylic acids is 1. The van der Waals surface area contributed by atoms with Gasteiger partial charge in [-0.05, 0) is 30.2 Å². The van der Waals surface area contributed by atoms with E-state index in [1.165, 1.54) is 6.08 Å². The van der Waals surface area contributed by atoms with E-state index in [4.69, 9.17) is 0 Å². The molecule has 0 aliphatic rings. The van der Waals surface area contributed by atoms with Crippen LogP contribution in [0.4, 0.5) is 0 Å². The van der Waals surface area contributed by atoms with Gasteiger partial charge in [0, 0.05) is 30.8 Å². The first-order chi connectivity index (χ1) is 12.0. The van der Waals surface area contributed by atoms with Gasteiger partial charge in [-0.15, -0.1) is 0 Å². The molecule has 0 aliphatic heterocycles. The smallest absolute Gasteiger partial charge is 0.233 e. The van der Waals surface area contributed by atoms with E-state index in [-0.39, 0.29) is 24.9 Å². The molecular formula is C18H21N3O3S. The second kappa shape index (κ2) is 9.10.